The Morgan fingerprint density at radius 3 is 2.76 bits per heavy atom. The normalized spacial score (nSPS) is 12.7. The maximum absolute atomic E-state index is 12.7. The third-order valence-corrected chi connectivity index (χ3v) is 4.26. The predicted octanol–water partition coefficient (Wildman–Crippen LogP) is 3.66. The van der Waals surface area contributed by atoms with Gasteiger partial charge in [0.25, 0.3) is 5.91 Å². The lowest BCUT2D eigenvalue weighted by Gasteiger charge is -2.19. The van der Waals surface area contributed by atoms with Crippen LogP contribution in [0.25, 0.3) is 5.69 Å². The van der Waals surface area contributed by atoms with Crippen LogP contribution in [0, 0.1) is 0 Å². The van der Waals surface area contributed by atoms with E-state index < -0.39 is 0 Å². The van der Waals surface area contributed by atoms with Gasteiger partial charge in [0.05, 0.1) is 11.4 Å². The lowest BCUT2D eigenvalue weighted by molar-refractivity contribution is 0.102. The van der Waals surface area contributed by atoms with Gasteiger partial charge in [-0.3, -0.25) is 4.79 Å². The number of amides is 1. The van der Waals surface area contributed by atoms with Crippen LogP contribution in [0.1, 0.15) is 10.4 Å². The molecule has 7 heteroatoms. The van der Waals surface area contributed by atoms with Crippen molar-refractivity contribution in [3.05, 3.63) is 64.9 Å². The number of aromatic nitrogens is 2. The van der Waals surface area contributed by atoms with Crippen LogP contribution < -0.4 is 14.8 Å². The quantitative estimate of drug-likeness (QED) is 0.729. The molecule has 0 unspecified atom stereocenters. The molecule has 0 fully saturated rings. The number of ether oxygens (including phenoxy) is 2. The Morgan fingerprint density at radius 1 is 1.12 bits per heavy atom. The van der Waals surface area contributed by atoms with Crippen molar-refractivity contribution in [2.45, 2.75) is 0 Å². The molecule has 1 N–H and O–H groups in total. The van der Waals surface area contributed by atoms with Crippen molar-refractivity contribution in [1.29, 1.82) is 0 Å². The number of carbonyl (C=O) groups excluding carboxylic acids is 1. The monoisotopic (exact) mass is 399 g/mol. The van der Waals surface area contributed by atoms with Crippen LogP contribution in [0.15, 0.2) is 59.3 Å². The lowest BCUT2D eigenvalue weighted by Crippen LogP contribution is -2.17. The smallest absolute Gasteiger partial charge is 0.255 e. The molecule has 1 amide bonds. The van der Waals surface area contributed by atoms with E-state index in [0.717, 1.165) is 10.2 Å². The summed E-state index contributed by atoms with van der Waals surface area (Å²) in [6, 6.07) is 12.6. The minimum absolute atomic E-state index is 0.233. The molecule has 0 atom stereocenters. The van der Waals surface area contributed by atoms with Gasteiger partial charge in [-0.15, -0.1) is 0 Å². The van der Waals surface area contributed by atoms with Crippen LogP contribution >= 0.6 is 15.9 Å². The highest BCUT2D eigenvalue weighted by Gasteiger charge is 2.16. The van der Waals surface area contributed by atoms with Gasteiger partial charge in [-0.25, -0.2) is 4.68 Å². The Morgan fingerprint density at radius 2 is 1.96 bits per heavy atom. The van der Waals surface area contributed by atoms with E-state index in [-0.39, 0.29) is 5.91 Å². The number of carbonyl (C=O) groups is 1. The number of hydrogen-bond donors (Lipinski definition) is 1. The van der Waals surface area contributed by atoms with Gasteiger partial charge in [0.15, 0.2) is 11.5 Å². The van der Waals surface area contributed by atoms with Crippen LogP contribution in [0.5, 0.6) is 11.5 Å². The number of rotatable bonds is 3. The number of nitrogens with one attached hydrogen (secondary N) is 1. The fraction of sp³-hybridized carbons (Fsp3) is 0.111. The summed E-state index contributed by atoms with van der Waals surface area (Å²) in [7, 11) is 0. The van der Waals surface area contributed by atoms with Gasteiger partial charge in [0.1, 0.15) is 13.2 Å². The summed E-state index contributed by atoms with van der Waals surface area (Å²) >= 11 is 3.44. The molecule has 0 spiro atoms. The fourth-order valence-electron chi connectivity index (χ4n) is 2.60. The summed E-state index contributed by atoms with van der Waals surface area (Å²) in [4.78, 5) is 12.7. The number of hydrogen-bond acceptors (Lipinski definition) is 4. The minimum atomic E-state index is -0.233. The number of fused-ring (bicyclic) bond motifs is 1. The van der Waals surface area contributed by atoms with Gasteiger partial charge < -0.3 is 14.8 Å². The molecule has 2 aromatic carbocycles. The van der Waals surface area contributed by atoms with E-state index in [2.05, 4.69) is 26.3 Å². The first-order valence-electron chi connectivity index (χ1n) is 7.71. The van der Waals surface area contributed by atoms with E-state index in [0.29, 0.717) is 36.0 Å². The Hall–Kier alpha value is -2.80. The Kier molecular flexibility index (Phi) is 4.15. The van der Waals surface area contributed by atoms with E-state index >= 15 is 0 Å². The molecule has 1 aliphatic rings. The molecular formula is C18H14BrN3O3. The topological polar surface area (TPSA) is 65.4 Å². The molecule has 3 aromatic rings. The number of anilines is 1. The minimum Gasteiger partial charge on any atom is -0.486 e. The standard InChI is InChI=1S/C18H14BrN3O3/c19-13-3-4-15(22-7-1-6-20-22)14(11-13)21-18(23)12-2-5-16-17(10-12)25-9-8-24-16/h1-7,10-11H,8-9H2,(H,21,23). The van der Waals surface area contributed by atoms with Gasteiger partial charge in [0, 0.05) is 22.4 Å². The molecule has 6 nitrogen and oxygen atoms in total. The van der Waals surface area contributed by atoms with Gasteiger partial charge in [0.2, 0.25) is 0 Å². The van der Waals surface area contributed by atoms with Gasteiger partial charge >= 0.3 is 0 Å². The molecule has 2 heterocycles. The van der Waals surface area contributed by atoms with Crippen LogP contribution in [0.3, 0.4) is 0 Å². The summed E-state index contributed by atoms with van der Waals surface area (Å²) < 4.78 is 13.6. The van der Waals surface area contributed by atoms with Crippen LogP contribution in [-0.2, 0) is 0 Å². The highest BCUT2D eigenvalue weighted by atomic mass is 79.9. The molecule has 1 aromatic heterocycles. The zero-order valence-electron chi connectivity index (χ0n) is 13.1. The Bertz CT molecular complexity index is 925. The molecule has 0 radical (unpaired) electrons. The maximum Gasteiger partial charge on any atom is 0.255 e. The molecule has 25 heavy (non-hydrogen) atoms. The lowest BCUT2D eigenvalue weighted by atomic mass is 10.1. The summed E-state index contributed by atoms with van der Waals surface area (Å²) in [5, 5.41) is 7.16. The van der Waals surface area contributed by atoms with Crippen LogP contribution in [0.4, 0.5) is 5.69 Å². The third-order valence-electron chi connectivity index (χ3n) is 3.76. The van der Waals surface area contributed by atoms with E-state index in [1.165, 1.54) is 0 Å². The molecule has 0 bridgehead atoms. The zero-order chi connectivity index (χ0) is 17.2. The van der Waals surface area contributed by atoms with Crippen molar-refractivity contribution in [1.82, 2.24) is 9.78 Å². The predicted molar refractivity (Wildman–Crippen MR) is 96.6 cm³/mol. The Balaban J connectivity index is 1.64. The highest BCUT2D eigenvalue weighted by Crippen LogP contribution is 2.31. The zero-order valence-corrected chi connectivity index (χ0v) is 14.7. The molecule has 0 aliphatic carbocycles. The molecular weight excluding hydrogens is 386 g/mol. The molecule has 0 saturated carbocycles. The number of benzene rings is 2. The van der Waals surface area contributed by atoms with Gasteiger partial charge in [-0.1, -0.05) is 15.9 Å². The first-order chi connectivity index (χ1) is 12.2. The first-order valence-corrected chi connectivity index (χ1v) is 8.50. The SMILES string of the molecule is O=C(Nc1cc(Br)ccc1-n1cccn1)c1ccc2c(c1)OCCO2. The first kappa shape index (κ1) is 15.7. The molecule has 1 aliphatic heterocycles. The van der Waals surface area contributed by atoms with Gasteiger partial charge in [-0.05, 0) is 42.5 Å². The van der Waals surface area contributed by atoms with Crippen molar-refractivity contribution in [3.63, 3.8) is 0 Å². The van der Waals surface area contributed by atoms with Crippen molar-refractivity contribution < 1.29 is 14.3 Å². The van der Waals surface area contributed by atoms with Crippen LogP contribution in [-0.4, -0.2) is 28.9 Å². The van der Waals surface area contributed by atoms with Crippen molar-refractivity contribution >= 4 is 27.5 Å². The number of nitrogens with zero attached hydrogens (tertiary/aromatic N) is 2. The summed E-state index contributed by atoms with van der Waals surface area (Å²) in [5.41, 5.74) is 1.92. The molecule has 4 rings (SSSR count). The van der Waals surface area contributed by atoms with Crippen molar-refractivity contribution in [2.75, 3.05) is 18.5 Å². The Labute approximate surface area is 152 Å². The maximum atomic E-state index is 12.7. The fourth-order valence-corrected chi connectivity index (χ4v) is 2.96. The second kappa shape index (κ2) is 6.60. The largest absolute Gasteiger partial charge is 0.486 e. The summed E-state index contributed by atoms with van der Waals surface area (Å²) in [5.74, 6) is 1.01. The molecule has 126 valence electrons. The summed E-state index contributed by atoms with van der Waals surface area (Å²) in [6.45, 7) is 0.997. The summed E-state index contributed by atoms with van der Waals surface area (Å²) in [6.07, 6.45) is 3.51. The van der Waals surface area contributed by atoms with E-state index in [1.54, 1.807) is 29.1 Å². The molecule has 0 saturated heterocycles. The van der Waals surface area contributed by atoms with E-state index in [4.69, 9.17) is 9.47 Å². The van der Waals surface area contributed by atoms with Crippen LogP contribution in [0.2, 0.25) is 0 Å². The average Bonchev–Trinajstić information content (AvgIpc) is 3.16. The average molecular weight is 400 g/mol. The second-order valence-electron chi connectivity index (χ2n) is 5.42. The van der Waals surface area contributed by atoms with Crippen molar-refractivity contribution in [2.24, 2.45) is 0 Å². The number of halogens is 1. The second-order valence-corrected chi connectivity index (χ2v) is 6.34. The highest BCUT2D eigenvalue weighted by molar-refractivity contribution is 9.10. The third kappa shape index (κ3) is 3.23. The van der Waals surface area contributed by atoms with Gasteiger partial charge in [-0.2, -0.15) is 5.10 Å². The van der Waals surface area contributed by atoms with E-state index in [1.807, 2.05) is 30.5 Å². The van der Waals surface area contributed by atoms with Crippen molar-refractivity contribution in [3.8, 4) is 17.2 Å². The van der Waals surface area contributed by atoms with E-state index in [9.17, 15) is 4.79 Å².